The van der Waals surface area contributed by atoms with Crippen LogP contribution < -0.4 is 0 Å². The van der Waals surface area contributed by atoms with E-state index in [1.165, 1.54) is 6.08 Å². The van der Waals surface area contributed by atoms with Gasteiger partial charge in [0, 0.05) is 13.5 Å². The third-order valence-corrected chi connectivity index (χ3v) is 3.79. The van der Waals surface area contributed by atoms with Gasteiger partial charge >= 0.3 is 0 Å². The summed E-state index contributed by atoms with van der Waals surface area (Å²) < 4.78 is 11.3. The van der Waals surface area contributed by atoms with Crippen LogP contribution in [-0.4, -0.2) is 37.0 Å². The first-order valence-corrected chi connectivity index (χ1v) is 7.25. The second-order valence-electron chi connectivity index (χ2n) is 4.39. The minimum atomic E-state index is -2.27. The van der Waals surface area contributed by atoms with Crippen LogP contribution >= 0.6 is 8.38 Å². The molecule has 0 amide bonds. The number of ether oxygens (including phenoxy) is 2. The predicted octanol–water partition coefficient (Wildman–Crippen LogP) is 1.84. The highest BCUT2D eigenvalue weighted by Gasteiger charge is 2.35. The van der Waals surface area contributed by atoms with E-state index < -0.39 is 8.38 Å². The molecule has 1 saturated heterocycles. The lowest BCUT2D eigenvalue weighted by molar-refractivity contribution is 0.0219. The van der Waals surface area contributed by atoms with E-state index in [0.717, 1.165) is 5.56 Å². The number of methoxy groups -OCH3 is 1. The molecule has 1 aromatic rings. The Morgan fingerprint density at radius 2 is 2.11 bits per heavy atom. The number of rotatable bonds is 4. The van der Waals surface area contributed by atoms with Crippen molar-refractivity contribution in [1.82, 2.24) is 0 Å². The van der Waals surface area contributed by atoms with Gasteiger partial charge in [-0.25, -0.2) is 0 Å². The Balaban J connectivity index is 2.12. The highest BCUT2D eigenvalue weighted by molar-refractivity contribution is 7.52. The summed E-state index contributed by atoms with van der Waals surface area (Å²) in [6, 6.07) is 9.86. The van der Waals surface area contributed by atoms with Crippen LogP contribution in [0.2, 0.25) is 0 Å². The van der Waals surface area contributed by atoms with Gasteiger partial charge in [-0.05, 0) is 10.8 Å². The Morgan fingerprint density at radius 3 is 2.68 bits per heavy atom. The molecule has 19 heavy (non-hydrogen) atoms. The van der Waals surface area contributed by atoms with Crippen molar-refractivity contribution in [3.63, 3.8) is 0 Å². The molecule has 0 aliphatic carbocycles. The van der Waals surface area contributed by atoms with E-state index in [1.54, 1.807) is 7.11 Å². The molecule has 1 aromatic carbocycles. The fourth-order valence-corrected chi connectivity index (χ4v) is 2.45. The minimum Gasteiger partial charge on any atom is -0.378 e. The van der Waals surface area contributed by atoms with E-state index >= 15 is 0 Å². The largest absolute Gasteiger partial charge is 0.378 e. The van der Waals surface area contributed by atoms with Gasteiger partial charge < -0.3 is 19.3 Å². The van der Waals surface area contributed by atoms with Crippen molar-refractivity contribution >= 4 is 16.2 Å². The number of hydrogen-bond acceptors (Lipinski definition) is 4. The van der Waals surface area contributed by atoms with E-state index in [2.05, 4.69) is 0 Å². The summed E-state index contributed by atoms with van der Waals surface area (Å²) in [7, 11) is 4.89. The van der Waals surface area contributed by atoms with Crippen LogP contribution in [-0.2, 0) is 9.47 Å². The van der Waals surface area contributed by atoms with Gasteiger partial charge in [-0.2, -0.15) is 0 Å². The first-order valence-electron chi connectivity index (χ1n) is 6.00. The molecule has 2 radical (unpaired) electrons. The van der Waals surface area contributed by atoms with Crippen molar-refractivity contribution in [2.75, 3.05) is 7.11 Å². The smallest absolute Gasteiger partial charge is 0.183 e. The van der Waals surface area contributed by atoms with Gasteiger partial charge in [-0.1, -0.05) is 36.4 Å². The molecule has 0 saturated carbocycles. The molecule has 1 heterocycles. The number of hydrogen-bond donors (Lipinski definition) is 2. The van der Waals surface area contributed by atoms with Crippen molar-refractivity contribution in [3.8, 4) is 0 Å². The summed E-state index contributed by atoms with van der Waals surface area (Å²) in [4.78, 5) is 18.1. The standard InChI is InChI=1S/C13H16BO4P/c1-17-11-7-10(9-5-3-2-4-6-9)18-12(11)8-13(14)19(15)16/h2-6,8,10-12,15-16H,7H2,1H3/b13-8+/t10?,11-,12?/m0/s1. The van der Waals surface area contributed by atoms with Crippen LogP contribution in [0, 0.1) is 0 Å². The summed E-state index contributed by atoms with van der Waals surface area (Å²) >= 11 is 0. The second kappa shape index (κ2) is 6.64. The summed E-state index contributed by atoms with van der Waals surface area (Å²) in [5.74, 6) is 0. The lowest BCUT2D eigenvalue weighted by atomic mass is 10.0. The monoisotopic (exact) mass is 278 g/mol. The molecule has 0 spiro atoms. The zero-order valence-electron chi connectivity index (χ0n) is 10.6. The lowest BCUT2D eigenvalue weighted by Crippen LogP contribution is -2.21. The van der Waals surface area contributed by atoms with Crippen LogP contribution in [0.3, 0.4) is 0 Å². The zero-order chi connectivity index (χ0) is 13.8. The van der Waals surface area contributed by atoms with Gasteiger partial charge in [0.1, 0.15) is 14.0 Å². The van der Waals surface area contributed by atoms with Crippen LogP contribution in [0.1, 0.15) is 18.1 Å². The first kappa shape index (κ1) is 14.7. The van der Waals surface area contributed by atoms with Gasteiger partial charge in [0.05, 0.1) is 12.2 Å². The minimum absolute atomic E-state index is 0.0377. The second-order valence-corrected chi connectivity index (χ2v) is 5.49. The predicted molar refractivity (Wildman–Crippen MR) is 74.7 cm³/mol. The van der Waals surface area contributed by atoms with Crippen molar-refractivity contribution in [1.29, 1.82) is 0 Å². The topological polar surface area (TPSA) is 58.9 Å². The van der Waals surface area contributed by atoms with E-state index in [0.29, 0.717) is 6.42 Å². The maximum atomic E-state index is 9.05. The van der Waals surface area contributed by atoms with E-state index in [-0.39, 0.29) is 23.5 Å². The molecule has 0 aromatic heterocycles. The molecular formula is C13H16BO4P. The summed E-state index contributed by atoms with van der Waals surface area (Å²) in [6.45, 7) is 0. The lowest BCUT2D eigenvalue weighted by Gasteiger charge is -2.15. The quantitative estimate of drug-likeness (QED) is 0.651. The van der Waals surface area contributed by atoms with Crippen LogP contribution in [0.4, 0.5) is 0 Å². The maximum absolute atomic E-state index is 9.05. The van der Waals surface area contributed by atoms with Crippen LogP contribution in [0.5, 0.6) is 0 Å². The van der Waals surface area contributed by atoms with Gasteiger partial charge in [-0.15, -0.1) is 0 Å². The molecule has 100 valence electrons. The Hall–Kier alpha value is -0.705. The first-order chi connectivity index (χ1) is 9.11. The molecule has 1 aliphatic rings. The molecule has 2 N–H and O–H groups in total. The van der Waals surface area contributed by atoms with Gasteiger partial charge in [0.2, 0.25) is 0 Å². The molecule has 3 atom stereocenters. The molecule has 6 heteroatoms. The van der Waals surface area contributed by atoms with Crippen molar-refractivity contribution in [3.05, 3.63) is 47.2 Å². The molecule has 2 unspecified atom stereocenters. The third-order valence-electron chi connectivity index (χ3n) is 3.17. The average Bonchev–Trinajstić information content (AvgIpc) is 2.82. The van der Waals surface area contributed by atoms with E-state index in [1.807, 2.05) is 30.3 Å². The molecule has 0 bridgehead atoms. The number of benzene rings is 1. The normalized spacial score (nSPS) is 28.0. The summed E-state index contributed by atoms with van der Waals surface area (Å²) in [5, 5.41) is 0.0377. The van der Waals surface area contributed by atoms with E-state index in [4.69, 9.17) is 27.1 Å². The molecular weight excluding hydrogens is 262 g/mol. The molecule has 2 rings (SSSR count). The molecule has 1 aliphatic heterocycles. The Labute approximate surface area is 115 Å². The van der Waals surface area contributed by atoms with Crippen LogP contribution in [0.25, 0.3) is 0 Å². The maximum Gasteiger partial charge on any atom is 0.183 e. The Kier molecular flexibility index (Phi) is 5.14. The van der Waals surface area contributed by atoms with Crippen molar-refractivity contribution in [2.24, 2.45) is 0 Å². The average molecular weight is 278 g/mol. The fourth-order valence-electron chi connectivity index (χ4n) is 2.17. The Morgan fingerprint density at radius 1 is 1.42 bits per heavy atom. The highest BCUT2D eigenvalue weighted by Crippen LogP contribution is 2.38. The Bertz CT molecular complexity index is 438. The zero-order valence-corrected chi connectivity index (χ0v) is 11.5. The van der Waals surface area contributed by atoms with Crippen LogP contribution in [0.15, 0.2) is 41.6 Å². The van der Waals surface area contributed by atoms with Crippen molar-refractivity contribution in [2.45, 2.75) is 24.7 Å². The molecule has 1 fully saturated rings. The summed E-state index contributed by atoms with van der Waals surface area (Å²) in [5.41, 5.74) is 1.08. The summed E-state index contributed by atoms with van der Waals surface area (Å²) in [6.07, 6.45) is 1.68. The van der Waals surface area contributed by atoms with Gasteiger partial charge in [0.15, 0.2) is 8.38 Å². The van der Waals surface area contributed by atoms with Gasteiger partial charge in [-0.3, -0.25) is 0 Å². The molecule has 4 nitrogen and oxygen atoms in total. The van der Waals surface area contributed by atoms with Gasteiger partial charge in [0.25, 0.3) is 0 Å². The SMILES string of the molecule is [B]/C(=C\C1OC(c2ccccc2)C[C@@H]1OC)P(O)O. The van der Waals surface area contributed by atoms with Crippen molar-refractivity contribution < 1.29 is 19.3 Å². The third kappa shape index (κ3) is 3.65. The van der Waals surface area contributed by atoms with E-state index in [9.17, 15) is 0 Å². The highest BCUT2D eigenvalue weighted by atomic mass is 31.2. The fraction of sp³-hybridized carbons (Fsp3) is 0.385.